The standard InChI is InChI=1S/C16H31N3O3S/c1-4-14(3)17-16(20)15-7-11-19(12-8-15)23(21,22)18-9-5-13(2)6-10-18/h13-15H,4-12H2,1-3H3,(H,17,20). The Bertz CT molecular complexity index is 493. The summed E-state index contributed by atoms with van der Waals surface area (Å²) in [5.74, 6) is 0.622. The number of hydrogen-bond donors (Lipinski definition) is 1. The molecular formula is C16H31N3O3S. The summed E-state index contributed by atoms with van der Waals surface area (Å²) in [6.45, 7) is 8.36. The van der Waals surface area contributed by atoms with Crippen LogP contribution in [0.2, 0.25) is 0 Å². The summed E-state index contributed by atoms with van der Waals surface area (Å²) in [7, 11) is -3.35. The van der Waals surface area contributed by atoms with E-state index in [1.807, 2.05) is 13.8 Å². The first kappa shape index (κ1) is 18.7. The van der Waals surface area contributed by atoms with Crippen LogP contribution in [0.5, 0.6) is 0 Å². The zero-order chi connectivity index (χ0) is 17.0. The zero-order valence-corrected chi connectivity index (χ0v) is 15.4. The minimum atomic E-state index is -3.35. The molecule has 6 nitrogen and oxygen atoms in total. The van der Waals surface area contributed by atoms with Crippen LogP contribution in [0.1, 0.15) is 52.9 Å². The minimum Gasteiger partial charge on any atom is -0.353 e. The highest BCUT2D eigenvalue weighted by Crippen LogP contribution is 2.25. The Kier molecular flexibility index (Phi) is 6.45. The molecule has 134 valence electrons. The van der Waals surface area contributed by atoms with E-state index in [-0.39, 0.29) is 17.9 Å². The van der Waals surface area contributed by atoms with Gasteiger partial charge in [0.05, 0.1) is 0 Å². The van der Waals surface area contributed by atoms with E-state index in [1.54, 1.807) is 8.61 Å². The van der Waals surface area contributed by atoms with Gasteiger partial charge in [-0.15, -0.1) is 0 Å². The molecule has 0 bridgehead atoms. The van der Waals surface area contributed by atoms with Crippen molar-refractivity contribution in [3.8, 4) is 0 Å². The fraction of sp³-hybridized carbons (Fsp3) is 0.938. The van der Waals surface area contributed by atoms with Gasteiger partial charge in [0.25, 0.3) is 10.2 Å². The summed E-state index contributed by atoms with van der Waals surface area (Å²) in [5, 5.41) is 3.00. The van der Waals surface area contributed by atoms with Gasteiger partial charge in [-0.25, -0.2) is 0 Å². The Labute approximate surface area is 140 Å². The quantitative estimate of drug-likeness (QED) is 0.823. The SMILES string of the molecule is CCC(C)NC(=O)C1CCN(S(=O)(=O)N2CCC(C)CC2)CC1. The van der Waals surface area contributed by atoms with Crippen molar-refractivity contribution in [3.63, 3.8) is 0 Å². The van der Waals surface area contributed by atoms with Gasteiger partial charge in [0.15, 0.2) is 0 Å². The van der Waals surface area contributed by atoms with Crippen molar-refractivity contribution in [3.05, 3.63) is 0 Å². The maximum Gasteiger partial charge on any atom is 0.281 e. The van der Waals surface area contributed by atoms with Crippen LogP contribution in [0, 0.1) is 11.8 Å². The van der Waals surface area contributed by atoms with E-state index in [0.29, 0.717) is 44.9 Å². The van der Waals surface area contributed by atoms with Crippen LogP contribution in [0.3, 0.4) is 0 Å². The predicted molar refractivity (Wildman–Crippen MR) is 91.1 cm³/mol. The van der Waals surface area contributed by atoms with Crippen molar-refractivity contribution in [2.45, 2.75) is 58.9 Å². The molecule has 0 saturated carbocycles. The Morgan fingerprint density at radius 2 is 1.57 bits per heavy atom. The van der Waals surface area contributed by atoms with Gasteiger partial charge in [-0.1, -0.05) is 13.8 Å². The summed E-state index contributed by atoms with van der Waals surface area (Å²) < 4.78 is 28.6. The molecule has 1 unspecified atom stereocenters. The van der Waals surface area contributed by atoms with Gasteiger partial charge < -0.3 is 5.32 Å². The average molecular weight is 346 g/mol. The molecule has 1 atom stereocenters. The van der Waals surface area contributed by atoms with Crippen LogP contribution in [-0.4, -0.2) is 55.2 Å². The number of nitrogens with one attached hydrogen (secondary N) is 1. The summed E-state index contributed by atoms with van der Waals surface area (Å²) in [4.78, 5) is 12.2. The molecule has 1 N–H and O–H groups in total. The van der Waals surface area contributed by atoms with E-state index in [0.717, 1.165) is 19.3 Å². The molecule has 2 rings (SSSR count). The van der Waals surface area contributed by atoms with Crippen LogP contribution >= 0.6 is 0 Å². The lowest BCUT2D eigenvalue weighted by atomic mass is 9.97. The Balaban J connectivity index is 1.87. The lowest BCUT2D eigenvalue weighted by molar-refractivity contribution is -0.126. The molecular weight excluding hydrogens is 314 g/mol. The van der Waals surface area contributed by atoms with E-state index in [1.165, 1.54) is 0 Å². The maximum atomic E-state index is 12.7. The van der Waals surface area contributed by atoms with Crippen molar-refractivity contribution in [2.75, 3.05) is 26.2 Å². The molecule has 0 aromatic heterocycles. The first-order valence-electron chi connectivity index (χ1n) is 8.90. The third kappa shape index (κ3) is 4.67. The lowest BCUT2D eigenvalue weighted by Gasteiger charge is -2.37. The van der Waals surface area contributed by atoms with Crippen LogP contribution in [0.15, 0.2) is 0 Å². The average Bonchev–Trinajstić information content (AvgIpc) is 2.55. The highest BCUT2D eigenvalue weighted by atomic mass is 32.2. The highest BCUT2D eigenvalue weighted by Gasteiger charge is 2.36. The van der Waals surface area contributed by atoms with Crippen LogP contribution in [-0.2, 0) is 15.0 Å². The van der Waals surface area contributed by atoms with Crippen molar-refractivity contribution < 1.29 is 13.2 Å². The van der Waals surface area contributed by atoms with Gasteiger partial charge in [-0.05, 0) is 44.9 Å². The summed E-state index contributed by atoms with van der Waals surface area (Å²) in [5.41, 5.74) is 0. The second-order valence-corrected chi connectivity index (χ2v) is 9.01. The van der Waals surface area contributed by atoms with Gasteiger partial charge in [-0.3, -0.25) is 4.79 Å². The molecule has 0 aromatic carbocycles. The molecule has 0 aliphatic carbocycles. The zero-order valence-electron chi connectivity index (χ0n) is 14.6. The first-order valence-corrected chi connectivity index (χ1v) is 10.3. The molecule has 23 heavy (non-hydrogen) atoms. The molecule has 2 fully saturated rings. The van der Waals surface area contributed by atoms with Gasteiger partial charge in [0, 0.05) is 38.1 Å². The summed E-state index contributed by atoms with van der Waals surface area (Å²) in [6, 6.07) is 0.180. The normalized spacial score (nSPS) is 24.5. The molecule has 0 aromatic rings. The predicted octanol–water partition coefficient (Wildman–Crippen LogP) is 1.59. The minimum absolute atomic E-state index is 0.0585. The van der Waals surface area contributed by atoms with Gasteiger partial charge in [0.2, 0.25) is 5.91 Å². The Morgan fingerprint density at radius 1 is 1.09 bits per heavy atom. The number of carbonyl (C=O) groups excluding carboxylic acids is 1. The molecule has 2 aliphatic heterocycles. The number of nitrogens with zero attached hydrogens (tertiary/aromatic N) is 2. The molecule has 7 heteroatoms. The van der Waals surface area contributed by atoms with Crippen LogP contribution < -0.4 is 5.32 Å². The second kappa shape index (κ2) is 7.94. The number of rotatable bonds is 5. The van der Waals surface area contributed by atoms with E-state index < -0.39 is 10.2 Å². The van der Waals surface area contributed by atoms with Crippen molar-refractivity contribution in [1.82, 2.24) is 13.9 Å². The van der Waals surface area contributed by atoms with Gasteiger partial charge in [-0.2, -0.15) is 17.0 Å². The van der Waals surface area contributed by atoms with E-state index in [4.69, 9.17) is 0 Å². The third-order valence-electron chi connectivity index (χ3n) is 5.22. The molecule has 0 radical (unpaired) electrons. The first-order chi connectivity index (χ1) is 10.8. The second-order valence-electron chi connectivity index (χ2n) is 7.08. The molecule has 1 amide bonds. The topological polar surface area (TPSA) is 69.7 Å². The molecule has 2 aliphatic rings. The monoisotopic (exact) mass is 345 g/mol. The molecule has 2 saturated heterocycles. The molecule has 0 spiro atoms. The fourth-order valence-electron chi connectivity index (χ4n) is 3.19. The number of piperidine rings is 2. The summed E-state index contributed by atoms with van der Waals surface area (Å²) in [6.07, 6.45) is 4.02. The largest absolute Gasteiger partial charge is 0.353 e. The number of carbonyl (C=O) groups is 1. The van der Waals surface area contributed by atoms with Gasteiger partial charge >= 0.3 is 0 Å². The molecule has 2 heterocycles. The Morgan fingerprint density at radius 3 is 2.04 bits per heavy atom. The van der Waals surface area contributed by atoms with E-state index >= 15 is 0 Å². The van der Waals surface area contributed by atoms with Crippen molar-refractivity contribution in [2.24, 2.45) is 11.8 Å². The smallest absolute Gasteiger partial charge is 0.281 e. The van der Waals surface area contributed by atoms with Crippen molar-refractivity contribution in [1.29, 1.82) is 0 Å². The number of hydrogen-bond acceptors (Lipinski definition) is 3. The van der Waals surface area contributed by atoms with Gasteiger partial charge in [0.1, 0.15) is 0 Å². The maximum absolute atomic E-state index is 12.7. The van der Waals surface area contributed by atoms with Crippen LogP contribution in [0.25, 0.3) is 0 Å². The van der Waals surface area contributed by atoms with E-state index in [2.05, 4.69) is 12.2 Å². The van der Waals surface area contributed by atoms with Crippen LogP contribution in [0.4, 0.5) is 0 Å². The third-order valence-corrected chi connectivity index (χ3v) is 7.26. The summed E-state index contributed by atoms with van der Waals surface area (Å²) >= 11 is 0. The lowest BCUT2D eigenvalue weighted by Crippen LogP contribution is -2.51. The fourth-order valence-corrected chi connectivity index (χ4v) is 4.86. The van der Waals surface area contributed by atoms with Crippen molar-refractivity contribution >= 4 is 16.1 Å². The van der Waals surface area contributed by atoms with E-state index in [9.17, 15) is 13.2 Å². The highest BCUT2D eigenvalue weighted by molar-refractivity contribution is 7.86. The number of amides is 1. The Hall–Kier alpha value is -0.660.